The number of aliphatic hydroxyl groups excluding tert-OH is 1. The number of hydrogen-bond acceptors (Lipinski definition) is 5. The molecule has 2 aromatic rings. The molecule has 14 heavy (non-hydrogen) atoms. The van der Waals surface area contributed by atoms with E-state index >= 15 is 0 Å². The quantitative estimate of drug-likeness (QED) is 0.736. The Hall–Kier alpha value is -1.88. The Labute approximate surface area is 80.5 Å². The standard InChI is InChI=1S/C9H8N4O/c14-8(7-6-10-4-5-11-7)9-12-2-1-3-13-9/h1-6,8,14H. The predicted octanol–water partition coefficient (Wildman–Crippen LogP) is 0.348. The van der Waals surface area contributed by atoms with Gasteiger partial charge in [-0.25, -0.2) is 9.97 Å². The maximum atomic E-state index is 9.76. The molecule has 0 saturated heterocycles. The molecule has 1 atom stereocenters. The maximum Gasteiger partial charge on any atom is 0.163 e. The number of aliphatic hydroxyl groups is 1. The van der Waals surface area contributed by atoms with Crippen LogP contribution in [0.1, 0.15) is 17.6 Å². The predicted molar refractivity (Wildman–Crippen MR) is 48.1 cm³/mol. The first-order valence-corrected chi connectivity index (χ1v) is 4.09. The zero-order valence-corrected chi connectivity index (χ0v) is 7.28. The molecule has 1 unspecified atom stereocenters. The van der Waals surface area contributed by atoms with Crippen molar-refractivity contribution in [2.45, 2.75) is 6.10 Å². The van der Waals surface area contributed by atoms with E-state index in [1.807, 2.05) is 0 Å². The number of rotatable bonds is 2. The first kappa shape index (κ1) is 8.71. The van der Waals surface area contributed by atoms with Gasteiger partial charge in [-0.3, -0.25) is 9.97 Å². The van der Waals surface area contributed by atoms with E-state index in [1.165, 1.54) is 12.4 Å². The van der Waals surface area contributed by atoms with Crippen molar-refractivity contribution in [2.75, 3.05) is 0 Å². The van der Waals surface area contributed by atoms with Crippen LogP contribution in [0.2, 0.25) is 0 Å². The average molecular weight is 188 g/mol. The van der Waals surface area contributed by atoms with Gasteiger partial charge in [-0.1, -0.05) is 0 Å². The number of aromatic nitrogens is 4. The molecule has 0 radical (unpaired) electrons. The highest BCUT2D eigenvalue weighted by Crippen LogP contribution is 2.13. The summed E-state index contributed by atoms with van der Waals surface area (Å²) in [5.41, 5.74) is 0.443. The van der Waals surface area contributed by atoms with Gasteiger partial charge < -0.3 is 5.11 Å². The molecule has 0 aliphatic rings. The molecule has 2 heterocycles. The van der Waals surface area contributed by atoms with Gasteiger partial charge in [-0.2, -0.15) is 0 Å². The van der Waals surface area contributed by atoms with Gasteiger partial charge in [-0.15, -0.1) is 0 Å². The molecular formula is C9H8N4O. The summed E-state index contributed by atoms with van der Waals surface area (Å²) in [5.74, 6) is 0.327. The van der Waals surface area contributed by atoms with Gasteiger partial charge >= 0.3 is 0 Å². The molecule has 0 aliphatic heterocycles. The smallest absolute Gasteiger partial charge is 0.163 e. The van der Waals surface area contributed by atoms with E-state index in [1.54, 1.807) is 24.7 Å². The molecule has 2 aromatic heterocycles. The lowest BCUT2D eigenvalue weighted by atomic mass is 10.2. The minimum absolute atomic E-state index is 0.327. The number of hydrogen-bond donors (Lipinski definition) is 1. The average Bonchev–Trinajstić information content (AvgIpc) is 2.30. The van der Waals surface area contributed by atoms with E-state index in [9.17, 15) is 5.11 Å². The minimum Gasteiger partial charge on any atom is -0.379 e. The molecular weight excluding hydrogens is 180 g/mol. The molecule has 1 N–H and O–H groups in total. The summed E-state index contributed by atoms with van der Waals surface area (Å²) < 4.78 is 0. The zero-order chi connectivity index (χ0) is 9.80. The van der Waals surface area contributed by atoms with Crippen LogP contribution in [0.15, 0.2) is 37.1 Å². The number of nitrogens with zero attached hydrogens (tertiary/aromatic N) is 4. The normalized spacial score (nSPS) is 12.4. The van der Waals surface area contributed by atoms with Crippen LogP contribution in [0.3, 0.4) is 0 Å². The highest BCUT2D eigenvalue weighted by atomic mass is 16.3. The van der Waals surface area contributed by atoms with Crippen molar-refractivity contribution in [2.24, 2.45) is 0 Å². The van der Waals surface area contributed by atoms with Crippen molar-refractivity contribution in [3.05, 3.63) is 48.6 Å². The van der Waals surface area contributed by atoms with Gasteiger partial charge in [0.25, 0.3) is 0 Å². The third kappa shape index (κ3) is 1.72. The Kier molecular flexibility index (Phi) is 2.42. The van der Waals surface area contributed by atoms with Gasteiger partial charge in [0.15, 0.2) is 11.9 Å². The molecule has 0 saturated carbocycles. The maximum absolute atomic E-state index is 9.76. The van der Waals surface area contributed by atoms with Crippen LogP contribution in [0.5, 0.6) is 0 Å². The van der Waals surface area contributed by atoms with Crippen molar-refractivity contribution in [3.8, 4) is 0 Å². The summed E-state index contributed by atoms with van der Waals surface area (Å²) in [6.07, 6.45) is 6.78. The second-order valence-electron chi connectivity index (χ2n) is 2.64. The largest absolute Gasteiger partial charge is 0.379 e. The lowest BCUT2D eigenvalue weighted by molar-refractivity contribution is 0.204. The molecule has 2 rings (SSSR count). The Balaban J connectivity index is 2.30. The van der Waals surface area contributed by atoms with Crippen LogP contribution in [0, 0.1) is 0 Å². The van der Waals surface area contributed by atoms with Crippen molar-refractivity contribution >= 4 is 0 Å². The van der Waals surface area contributed by atoms with Gasteiger partial charge in [0.05, 0.1) is 11.9 Å². The molecule has 5 nitrogen and oxygen atoms in total. The van der Waals surface area contributed by atoms with Gasteiger partial charge in [0.1, 0.15) is 0 Å². The van der Waals surface area contributed by atoms with Crippen molar-refractivity contribution < 1.29 is 5.11 Å². The fraction of sp³-hybridized carbons (Fsp3) is 0.111. The van der Waals surface area contributed by atoms with Crippen LogP contribution < -0.4 is 0 Å². The summed E-state index contributed by atoms with van der Waals surface area (Å²) >= 11 is 0. The Morgan fingerprint density at radius 2 is 1.79 bits per heavy atom. The van der Waals surface area contributed by atoms with Gasteiger partial charge in [0.2, 0.25) is 0 Å². The van der Waals surface area contributed by atoms with Gasteiger partial charge in [-0.05, 0) is 6.07 Å². The third-order valence-corrected chi connectivity index (χ3v) is 1.69. The second-order valence-corrected chi connectivity index (χ2v) is 2.64. The monoisotopic (exact) mass is 188 g/mol. The van der Waals surface area contributed by atoms with Crippen LogP contribution >= 0.6 is 0 Å². The molecule has 0 bridgehead atoms. The molecule has 0 spiro atoms. The first-order chi connectivity index (χ1) is 6.88. The summed E-state index contributed by atoms with van der Waals surface area (Å²) in [6, 6.07) is 1.69. The summed E-state index contributed by atoms with van der Waals surface area (Å²) in [4.78, 5) is 15.7. The Morgan fingerprint density at radius 3 is 2.43 bits per heavy atom. The lowest BCUT2D eigenvalue weighted by Gasteiger charge is -2.06. The van der Waals surface area contributed by atoms with E-state index in [4.69, 9.17) is 0 Å². The zero-order valence-electron chi connectivity index (χ0n) is 7.28. The topological polar surface area (TPSA) is 71.8 Å². The second kappa shape index (κ2) is 3.89. The van der Waals surface area contributed by atoms with Crippen LogP contribution in [-0.4, -0.2) is 25.0 Å². The molecule has 0 aliphatic carbocycles. The van der Waals surface area contributed by atoms with Crippen LogP contribution in [-0.2, 0) is 0 Å². The third-order valence-electron chi connectivity index (χ3n) is 1.69. The van der Waals surface area contributed by atoms with Crippen molar-refractivity contribution in [1.29, 1.82) is 0 Å². The van der Waals surface area contributed by atoms with Crippen molar-refractivity contribution in [1.82, 2.24) is 19.9 Å². The van der Waals surface area contributed by atoms with Crippen molar-refractivity contribution in [3.63, 3.8) is 0 Å². The molecule has 0 fully saturated rings. The highest BCUT2D eigenvalue weighted by molar-refractivity contribution is 5.09. The van der Waals surface area contributed by atoms with E-state index < -0.39 is 6.10 Å². The molecule has 0 amide bonds. The van der Waals surface area contributed by atoms with Gasteiger partial charge in [0, 0.05) is 24.8 Å². The fourth-order valence-corrected chi connectivity index (χ4v) is 1.04. The fourth-order valence-electron chi connectivity index (χ4n) is 1.04. The summed E-state index contributed by atoms with van der Waals surface area (Å²) in [7, 11) is 0. The van der Waals surface area contributed by atoms with Crippen LogP contribution in [0.25, 0.3) is 0 Å². The van der Waals surface area contributed by atoms with Crippen LogP contribution in [0.4, 0.5) is 0 Å². The van der Waals surface area contributed by atoms with E-state index in [-0.39, 0.29) is 0 Å². The molecule has 5 heteroatoms. The van der Waals surface area contributed by atoms with E-state index in [2.05, 4.69) is 19.9 Å². The van der Waals surface area contributed by atoms with E-state index in [0.717, 1.165) is 0 Å². The SMILES string of the molecule is OC(c1cnccn1)c1ncccn1. The Morgan fingerprint density at radius 1 is 1.00 bits per heavy atom. The first-order valence-electron chi connectivity index (χ1n) is 4.09. The lowest BCUT2D eigenvalue weighted by Crippen LogP contribution is -2.06. The van der Waals surface area contributed by atoms with E-state index in [0.29, 0.717) is 11.5 Å². The molecule has 70 valence electrons. The summed E-state index contributed by atoms with van der Waals surface area (Å²) in [6.45, 7) is 0. The molecule has 0 aromatic carbocycles. The summed E-state index contributed by atoms with van der Waals surface area (Å²) in [5, 5.41) is 9.76. The Bertz CT molecular complexity index is 353. The highest BCUT2D eigenvalue weighted by Gasteiger charge is 2.13. The minimum atomic E-state index is -0.912.